The summed E-state index contributed by atoms with van der Waals surface area (Å²) in [4.78, 5) is 0. The van der Waals surface area contributed by atoms with Gasteiger partial charge in [-0.15, -0.1) is 0 Å². The Balaban J connectivity index is 0.00000192. The molecule has 2 aromatic carbocycles. The molecule has 0 N–H and O–H groups in total. The van der Waals surface area contributed by atoms with Crippen molar-refractivity contribution in [3.05, 3.63) is 59.2 Å². The molecule has 0 saturated heterocycles. The second-order valence-corrected chi connectivity index (χ2v) is 6.64. The van der Waals surface area contributed by atoms with Gasteiger partial charge < -0.3 is 0 Å². The SMILES string of the molecule is Cc1c(F)cc(-c2ccc(C3CCC(C)CC3)cc2)cc1F.[HH]. The van der Waals surface area contributed by atoms with E-state index in [0.29, 0.717) is 11.5 Å². The Morgan fingerprint density at radius 2 is 1.41 bits per heavy atom. The van der Waals surface area contributed by atoms with Crippen LogP contribution >= 0.6 is 0 Å². The molecule has 1 fully saturated rings. The lowest BCUT2D eigenvalue weighted by Crippen LogP contribution is -2.10. The predicted molar refractivity (Wildman–Crippen MR) is 89.0 cm³/mol. The molecule has 0 heterocycles. The second kappa shape index (κ2) is 6.20. The summed E-state index contributed by atoms with van der Waals surface area (Å²) in [6, 6.07) is 11.0. The average Bonchev–Trinajstić information content (AvgIpc) is 2.53. The quantitative estimate of drug-likeness (QED) is 0.595. The van der Waals surface area contributed by atoms with E-state index < -0.39 is 11.6 Å². The smallest absolute Gasteiger partial charge is 0.129 e. The number of rotatable bonds is 2. The van der Waals surface area contributed by atoms with E-state index in [4.69, 9.17) is 0 Å². The Morgan fingerprint density at radius 3 is 1.95 bits per heavy atom. The molecule has 0 nitrogen and oxygen atoms in total. The van der Waals surface area contributed by atoms with Crippen LogP contribution in [0.25, 0.3) is 11.1 Å². The maximum absolute atomic E-state index is 13.7. The van der Waals surface area contributed by atoms with Crippen LogP contribution in [0.2, 0.25) is 0 Å². The summed E-state index contributed by atoms with van der Waals surface area (Å²) in [6.45, 7) is 3.78. The second-order valence-electron chi connectivity index (χ2n) is 6.64. The lowest BCUT2D eigenvalue weighted by Gasteiger charge is -2.26. The Kier molecular flexibility index (Phi) is 4.28. The fourth-order valence-electron chi connectivity index (χ4n) is 3.35. The maximum Gasteiger partial charge on any atom is 0.129 e. The summed E-state index contributed by atoms with van der Waals surface area (Å²) < 4.78 is 27.4. The molecule has 0 unspecified atom stereocenters. The fraction of sp³-hybridized carbons (Fsp3) is 0.400. The van der Waals surface area contributed by atoms with Crippen molar-refractivity contribution in [1.29, 1.82) is 0 Å². The van der Waals surface area contributed by atoms with Gasteiger partial charge in [0.15, 0.2) is 0 Å². The third kappa shape index (κ3) is 3.06. The van der Waals surface area contributed by atoms with Gasteiger partial charge in [-0.05, 0) is 60.4 Å². The Morgan fingerprint density at radius 1 is 0.864 bits per heavy atom. The molecule has 0 aliphatic heterocycles. The number of halogens is 2. The summed E-state index contributed by atoms with van der Waals surface area (Å²) in [5.41, 5.74) is 2.90. The lowest BCUT2D eigenvalue weighted by atomic mass is 9.79. The molecule has 0 aromatic heterocycles. The minimum atomic E-state index is -0.486. The van der Waals surface area contributed by atoms with Crippen LogP contribution in [0, 0.1) is 24.5 Å². The summed E-state index contributed by atoms with van der Waals surface area (Å²) in [6.07, 6.45) is 5.07. The van der Waals surface area contributed by atoms with E-state index in [0.717, 1.165) is 11.5 Å². The summed E-state index contributed by atoms with van der Waals surface area (Å²) in [7, 11) is 0. The summed E-state index contributed by atoms with van der Waals surface area (Å²) in [5.74, 6) is 0.506. The van der Waals surface area contributed by atoms with Crippen LogP contribution in [0.1, 0.15) is 51.1 Å². The fourth-order valence-corrected chi connectivity index (χ4v) is 3.35. The van der Waals surface area contributed by atoms with Crippen molar-refractivity contribution in [1.82, 2.24) is 0 Å². The van der Waals surface area contributed by atoms with Crippen molar-refractivity contribution in [2.75, 3.05) is 0 Å². The van der Waals surface area contributed by atoms with Crippen LogP contribution in [0.4, 0.5) is 8.78 Å². The van der Waals surface area contributed by atoms with Crippen molar-refractivity contribution < 1.29 is 10.2 Å². The summed E-state index contributed by atoms with van der Waals surface area (Å²) in [5, 5.41) is 0. The van der Waals surface area contributed by atoms with Crippen LogP contribution in [-0.4, -0.2) is 0 Å². The van der Waals surface area contributed by atoms with E-state index >= 15 is 0 Å². The van der Waals surface area contributed by atoms with Gasteiger partial charge in [0.25, 0.3) is 0 Å². The molecule has 0 bridgehead atoms. The Labute approximate surface area is 132 Å². The first-order valence-electron chi connectivity index (χ1n) is 8.10. The van der Waals surface area contributed by atoms with Gasteiger partial charge in [0, 0.05) is 6.99 Å². The standard InChI is InChI=1S/C20H22F2.H2/c1-13-3-5-15(6-4-13)16-7-9-17(10-8-16)18-11-19(21)14(2)20(22)12-18;/h7-13,15H,3-6H2,1-2H3;1H. The molecule has 2 heteroatoms. The number of hydrogen-bond donors (Lipinski definition) is 0. The van der Waals surface area contributed by atoms with Gasteiger partial charge in [0.1, 0.15) is 11.6 Å². The minimum absolute atomic E-state index is 0. The zero-order valence-electron chi connectivity index (χ0n) is 13.2. The van der Waals surface area contributed by atoms with E-state index in [1.807, 2.05) is 12.1 Å². The highest BCUT2D eigenvalue weighted by Gasteiger charge is 2.19. The number of benzene rings is 2. The van der Waals surface area contributed by atoms with Gasteiger partial charge in [0.2, 0.25) is 0 Å². The van der Waals surface area contributed by atoms with Gasteiger partial charge in [0.05, 0.1) is 0 Å². The highest BCUT2D eigenvalue weighted by Crippen LogP contribution is 2.36. The van der Waals surface area contributed by atoms with Crippen molar-refractivity contribution in [2.45, 2.75) is 45.4 Å². The van der Waals surface area contributed by atoms with Gasteiger partial charge in [-0.2, -0.15) is 0 Å². The normalized spacial score (nSPS) is 21.8. The molecule has 0 spiro atoms. The molecular formula is C20H24F2. The minimum Gasteiger partial charge on any atom is -0.207 e. The van der Waals surface area contributed by atoms with Crippen molar-refractivity contribution in [3.63, 3.8) is 0 Å². The van der Waals surface area contributed by atoms with Crippen LogP contribution in [0.15, 0.2) is 36.4 Å². The monoisotopic (exact) mass is 302 g/mol. The molecule has 22 heavy (non-hydrogen) atoms. The van der Waals surface area contributed by atoms with E-state index in [-0.39, 0.29) is 6.99 Å². The van der Waals surface area contributed by atoms with Crippen molar-refractivity contribution in [2.24, 2.45) is 5.92 Å². The summed E-state index contributed by atoms with van der Waals surface area (Å²) >= 11 is 0. The first kappa shape index (κ1) is 15.2. The highest BCUT2D eigenvalue weighted by molar-refractivity contribution is 5.64. The molecule has 2 aromatic rings. The molecule has 1 aliphatic carbocycles. The Bertz CT molecular complexity index is 633. The van der Waals surface area contributed by atoms with Gasteiger partial charge >= 0.3 is 0 Å². The van der Waals surface area contributed by atoms with E-state index in [2.05, 4.69) is 19.1 Å². The van der Waals surface area contributed by atoms with E-state index in [1.165, 1.54) is 50.3 Å². The molecule has 0 radical (unpaired) electrons. The largest absolute Gasteiger partial charge is 0.207 e. The first-order valence-corrected chi connectivity index (χ1v) is 8.10. The third-order valence-corrected chi connectivity index (χ3v) is 5.01. The highest BCUT2D eigenvalue weighted by atomic mass is 19.1. The van der Waals surface area contributed by atoms with Gasteiger partial charge in [-0.3, -0.25) is 0 Å². The lowest BCUT2D eigenvalue weighted by molar-refractivity contribution is 0.348. The zero-order valence-corrected chi connectivity index (χ0v) is 13.2. The average molecular weight is 302 g/mol. The molecule has 1 aliphatic rings. The topological polar surface area (TPSA) is 0 Å². The van der Waals surface area contributed by atoms with Crippen molar-refractivity contribution in [3.8, 4) is 11.1 Å². The van der Waals surface area contributed by atoms with E-state index in [9.17, 15) is 8.78 Å². The number of hydrogen-bond acceptors (Lipinski definition) is 0. The van der Waals surface area contributed by atoms with Gasteiger partial charge in [-0.25, -0.2) is 8.78 Å². The predicted octanol–water partition coefficient (Wildman–Crippen LogP) is 6.48. The zero-order chi connectivity index (χ0) is 15.7. The van der Waals surface area contributed by atoms with E-state index in [1.54, 1.807) is 0 Å². The molecule has 3 rings (SSSR count). The maximum atomic E-state index is 13.7. The van der Waals surface area contributed by atoms with Crippen molar-refractivity contribution >= 4 is 0 Å². The van der Waals surface area contributed by atoms with Crippen LogP contribution in [-0.2, 0) is 0 Å². The Hall–Kier alpha value is -1.70. The molecule has 0 atom stereocenters. The third-order valence-electron chi connectivity index (χ3n) is 5.01. The van der Waals surface area contributed by atoms with Crippen LogP contribution in [0.3, 0.4) is 0 Å². The van der Waals surface area contributed by atoms with Crippen LogP contribution < -0.4 is 0 Å². The molecule has 0 amide bonds. The molecular weight excluding hydrogens is 278 g/mol. The van der Waals surface area contributed by atoms with Crippen LogP contribution in [0.5, 0.6) is 0 Å². The van der Waals surface area contributed by atoms with Gasteiger partial charge in [-0.1, -0.05) is 44.0 Å². The first-order chi connectivity index (χ1) is 10.5. The molecule has 118 valence electrons. The molecule has 1 saturated carbocycles.